The van der Waals surface area contributed by atoms with Crippen LogP contribution in [0.5, 0.6) is 0 Å². The Kier molecular flexibility index (Phi) is 5.17. The van der Waals surface area contributed by atoms with Crippen molar-refractivity contribution in [3.8, 4) is 5.82 Å². The molecule has 0 aliphatic rings. The van der Waals surface area contributed by atoms with Crippen LogP contribution in [0.2, 0.25) is 0 Å². The molecule has 0 aliphatic carbocycles. The summed E-state index contributed by atoms with van der Waals surface area (Å²) < 4.78 is 8.26. The van der Waals surface area contributed by atoms with E-state index in [9.17, 15) is 9.59 Å². The summed E-state index contributed by atoms with van der Waals surface area (Å²) in [5.74, 6) is -0.252. The fourth-order valence-corrected chi connectivity index (χ4v) is 2.79. The maximum absolute atomic E-state index is 12.8. The van der Waals surface area contributed by atoms with E-state index in [4.69, 9.17) is 4.74 Å². The van der Waals surface area contributed by atoms with Gasteiger partial charge in [0.05, 0.1) is 13.3 Å². The molecule has 2 aromatic heterocycles. The summed E-state index contributed by atoms with van der Waals surface area (Å²) >= 11 is 0. The van der Waals surface area contributed by atoms with Gasteiger partial charge in [0.1, 0.15) is 17.4 Å². The molecule has 1 aromatic carbocycles. The summed E-state index contributed by atoms with van der Waals surface area (Å²) in [5.41, 5.74) is 1.31. The van der Waals surface area contributed by atoms with Crippen molar-refractivity contribution in [1.29, 1.82) is 0 Å². The second-order valence-electron chi connectivity index (χ2n) is 5.83. The lowest BCUT2D eigenvalue weighted by molar-refractivity contribution is -0.142. The predicted octanol–water partition coefficient (Wildman–Crippen LogP) is 1.72. The Morgan fingerprint density at radius 1 is 1.15 bits per heavy atom. The minimum atomic E-state index is -0.785. The van der Waals surface area contributed by atoms with Gasteiger partial charge in [-0.05, 0) is 17.7 Å². The number of carbonyl (C=O) groups is 2. The van der Waals surface area contributed by atoms with Gasteiger partial charge in [0.25, 0.3) is 5.91 Å². The highest BCUT2D eigenvalue weighted by atomic mass is 16.5. The molecule has 3 rings (SSSR count). The molecule has 0 spiro atoms. The molecule has 134 valence electrons. The van der Waals surface area contributed by atoms with Crippen molar-refractivity contribution in [2.45, 2.75) is 12.5 Å². The van der Waals surface area contributed by atoms with Gasteiger partial charge in [-0.2, -0.15) is 5.10 Å². The molecular weight excluding hydrogens is 332 g/mol. The predicted molar refractivity (Wildman–Crippen MR) is 96.0 cm³/mol. The second-order valence-corrected chi connectivity index (χ2v) is 5.83. The van der Waals surface area contributed by atoms with E-state index in [1.807, 2.05) is 54.9 Å². The molecule has 7 heteroatoms. The van der Waals surface area contributed by atoms with Crippen molar-refractivity contribution in [3.05, 3.63) is 72.2 Å². The fraction of sp³-hybridized carbons (Fsp3) is 0.211. The first-order valence-electron chi connectivity index (χ1n) is 8.18. The first kappa shape index (κ1) is 17.5. The lowest BCUT2D eigenvalue weighted by Crippen LogP contribution is -2.43. The molecule has 2 heterocycles. The van der Waals surface area contributed by atoms with Crippen LogP contribution in [0.3, 0.4) is 0 Å². The normalized spacial score (nSPS) is 11.8. The molecule has 1 atom stereocenters. The van der Waals surface area contributed by atoms with Crippen LogP contribution < -0.4 is 5.32 Å². The minimum absolute atomic E-state index is 0.346. The van der Waals surface area contributed by atoms with Crippen LogP contribution in [0, 0.1) is 0 Å². The number of benzene rings is 1. The Labute approximate surface area is 151 Å². The second kappa shape index (κ2) is 7.69. The first-order chi connectivity index (χ1) is 12.6. The summed E-state index contributed by atoms with van der Waals surface area (Å²) in [6, 6.07) is 12.4. The van der Waals surface area contributed by atoms with Gasteiger partial charge in [-0.1, -0.05) is 30.3 Å². The van der Waals surface area contributed by atoms with E-state index in [-0.39, 0.29) is 5.91 Å². The smallest absolute Gasteiger partial charge is 0.328 e. The summed E-state index contributed by atoms with van der Waals surface area (Å²) in [7, 11) is 3.07. The number of carbonyl (C=O) groups excluding carboxylic acids is 2. The van der Waals surface area contributed by atoms with E-state index >= 15 is 0 Å². The van der Waals surface area contributed by atoms with Crippen molar-refractivity contribution in [2.24, 2.45) is 7.05 Å². The van der Waals surface area contributed by atoms with E-state index in [1.165, 1.54) is 13.3 Å². The Morgan fingerprint density at radius 2 is 1.85 bits per heavy atom. The fourth-order valence-electron chi connectivity index (χ4n) is 2.79. The van der Waals surface area contributed by atoms with E-state index < -0.39 is 12.0 Å². The number of aromatic nitrogens is 3. The Hall–Kier alpha value is -3.35. The number of esters is 1. The molecule has 0 radical (unpaired) electrons. The molecule has 3 aromatic rings. The van der Waals surface area contributed by atoms with E-state index in [0.717, 1.165) is 5.56 Å². The monoisotopic (exact) mass is 352 g/mol. The van der Waals surface area contributed by atoms with Crippen molar-refractivity contribution >= 4 is 11.9 Å². The summed E-state index contributed by atoms with van der Waals surface area (Å²) in [5, 5.41) is 6.94. The van der Waals surface area contributed by atoms with Crippen LogP contribution in [0.15, 0.2) is 61.1 Å². The van der Waals surface area contributed by atoms with Crippen molar-refractivity contribution in [2.75, 3.05) is 7.11 Å². The number of methoxy groups -OCH3 is 1. The first-order valence-corrected chi connectivity index (χ1v) is 8.18. The van der Waals surface area contributed by atoms with Gasteiger partial charge in [-0.25, -0.2) is 4.79 Å². The molecule has 0 bridgehead atoms. The van der Waals surface area contributed by atoms with Gasteiger partial charge in [0.2, 0.25) is 0 Å². The molecule has 0 saturated carbocycles. The van der Waals surface area contributed by atoms with Gasteiger partial charge in [-0.15, -0.1) is 0 Å². The topological polar surface area (TPSA) is 78.2 Å². The van der Waals surface area contributed by atoms with Crippen molar-refractivity contribution in [3.63, 3.8) is 0 Å². The number of hydrogen-bond donors (Lipinski definition) is 1. The molecule has 1 amide bonds. The highest BCUT2D eigenvalue weighted by molar-refractivity contribution is 5.99. The molecule has 1 N–H and O–H groups in total. The average Bonchev–Trinajstić information content (AvgIpc) is 3.30. The number of nitrogens with zero attached hydrogens (tertiary/aromatic N) is 3. The molecule has 26 heavy (non-hydrogen) atoms. The zero-order valence-electron chi connectivity index (χ0n) is 14.6. The number of nitrogens with one attached hydrogen (secondary N) is 1. The Morgan fingerprint density at radius 3 is 2.50 bits per heavy atom. The van der Waals surface area contributed by atoms with Crippen LogP contribution in [0.25, 0.3) is 5.82 Å². The summed E-state index contributed by atoms with van der Waals surface area (Å²) in [6.07, 6.45) is 5.49. The van der Waals surface area contributed by atoms with Gasteiger partial charge >= 0.3 is 5.97 Å². The summed E-state index contributed by atoms with van der Waals surface area (Å²) in [4.78, 5) is 24.9. The zero-order valence-corrected chi connectivity index (χ0v) is 14.6. The largest absolute Gasteiger partial charge is 0.467 e. The molecular formula is C19H20N4O3. The van der Waals surface area contributed by atoms with Gasteiger partial charge in [0, 0.05) is 25.9 Å². The maximum atomic E-state index is 12.8. The van der Waals surface area contributed by atoms with E-state index in [2.05, 4.69) is 10.4 Å². The highest BCUT2D eigenvalue weighted by Crippen LogP contribution is 2.14. The van der Waals surface area contributed by atoms with E-state index in [1.54, 1.807) is 16.3 Å². The average molecular weight is 352 g/mol. The number of amides is 1. The quantitative estimate of drug-likeness (QED) is 0.685. The number of aryl methyl sites for hydroxylation is 1. The molecule has 0 fully saturated rings. The number of hydrogen-bond acceptors (Lipinski definition) is 4. The molecule has 0 aliphatic heterocycles. The zero-order chi connectivity index (χ0) is 18.5. The van der Waals surface area contributed by atoms with Crippen LogP contribution in [0.1, 0.15) is 15.9 Å². The van der Waals surface area contributed by atoms with E-state index in [0.29, 0.717) is 17.8 Å². The van der Waals surface area contributed by atoms with Crippen LogP contribution >= 0.6 is 0 Å². The summed E-state index contributed by atoms with van der Waals surface area (Å²) in [6.45, 7) is 0. The van der Waals surface area contributed by atoms with Crippen LogP contribution in [0.4, 0.5) is 0 Å². The van der Waals surface area contributed by atoms with Crippen molar-refractivity contribution in [1.82, 2.24) is 19.7 Å². The maximum Gasteiger partial charge on any atom is 0.328 e. The minimum Gasteiger partial charge on any atom is -0.467 e. The lowest BCUT2D eigenvalue weighted by Gasteiger charge is -2.17. The number of ether oxygens (including phenoxy) is 1. The van der Waals surface area contributed by atoms with Gasteiger partial charge < -0.3 is 14.6 Å². The van der Waals surface area contributed by atoms with Gasteiger partial charge in [-0.3, -0.25) is 9.48 Å². The SMILES string of the molecule is COC(=O)C(Cc1ccccc1)NC(=O)c1cnn(C)c1-n1cccc1. The van der Waals surface area contributed by atoms with Crippen molar-refractivity contribution < 1.29 is 14.3 Å². The molecule has 7 nitrogen and oxygen atoms in total. The third-order valence-corrected chi connectivity index (χ3v) is 4.07. The van der Waals surface area contributed by atoms with Crippen LogP contribution in [-0.2, 0) is 23.0 Å². The molecule has 1 unspecified atom stereocenters. The molecule has 0 saturated heterocycles. The standard InChI is InChI=1S/C19H20N4O3/c1-22-18(23-10-6-7-11-23)15(13-20-22)17(24)21-16(19(25)26-2)12-14-8-4-3-5-9-14/h3-11,13,16H,12H2,1-2H3,(H,21,24). The third-order valence-electron chi connectivity index (χ3n) is 4.07. The highest BCUT2D eigenvalue weighted by Gasteiger charge is 2.25. The third kappa shape index (κ3) is 3.66. The Balaban J connectivity index is 1.84. The lowest BCUT2D eigenvalue weighted by atomic mass is 10.1. The van der Waals surface area contributed by atoms with Gasteiger partial charge in [0.15, 0.2) is 0 Å². The van der Waals surface area contributed by atoms with Crippen LogP contribution in [-0.4, -0.2) is 39.4 Å². The number of rotatable bonds is 6. The Bertz CT molecular complexity index is 885.